The van der Waals surface area contributed by atoms with Crippen molar-refractivity contribution in [2.24, 2.45) is 17.8 Å². The number of imidazole rings is 4. The Balaban J connectivity index is 0.000000120. The van der Waals surface area contributed by atoms with Gasteiger partial charge >= 0.3 is 12.0 Å². The van der Waals surface area contributed by atoms with Crippen molar-refractivity contribution in [1.82, 2.24) is 62.8 Å². The highest BCUT2D eigenvalue weighted by molar-refractivity contribution is 5.93. The van der Waals surface area contributed by atoms with Crippen molar-refractivity contribution in [3.63, 3.8) is 0 Å². The fraction of sp³-hybridized carbons (Fsp3) is 0.469. The Morgan fingerprint density at radius 3 is 1.52 bits per heavy atom. The van der Waals surface area contributed by atoms with E-state index in [-0.39, 0.29) is 24.1 Å². The van der Waals surface area contributed by atoms with Crippen molar-refractivity contribution in [2.75, 3.05) is 79.6 Å². The second kappa shape index (κ2) is 35.8. The molecular weight excluding hydrogens is 1520 g/mol. The van der Waals surface area contributed by atoms with Crippen molar-refractivity contribution in [3.05, 3.63) is 178 Å². The summed E-state index contributed by atoms with van der Waals surface area (Å²) in [6.45, 7) is 32.3. The second-order valence-electron chi connectivity index (χ2n) is 35.6. The first-order chi connectivity index (χ1) is 58.4. The minimum atomic E-state index is -0.540. The molecule has 0 radical (unpaired) electrons. The number of rotatable bonds is 22. The van der Waals surface area contributed by atoms with Gasteiger partial charge in [-0.25, -0.2) is 24.7 Å². The van der Waals surface area contributed by atoms with Crippen LogP contribution in [0.3, 0.4) is 0 Å². The lowest BCUT2D eigenvalue weighted by Gasteiger charge is -2.57. The molecule has 5 aliphatic carbocycles. The number of urea groups is 1. The molecule has 636 valence electrons. The van der Waals surface area contributed by atoms with Gasteiger partial charge in [0.25, 0.3) is 0 Å². The fourth-order valence-corrected chi connectivity index (χ4v) is 19.7. The van der Waals surface area contributed by atoms with E-state index in [1.165, 1.54) is 99.2 Å². The number of morpholine rings is 1. The molecule has 11 aromatic heterocycles. The molecule has 5 saturated carbocycles. The number of carbonyl (C=O) groups is 2. The molecule has 25 nitrogen and oxygen atoms in total. The predicted octanol–water partition coefficient (Wildman–Crippen LogP) is 20.3. The maximum atomic E-state index is 12.3. The van der Waals surface area contributed by atoms with E-state index in [0.717, 1.165) is 237 Å². The topological polar surface area (TPSA) is 267 Å². The molecule has 0 atom stereocenters. The SMILES string of the molecule is CCCc1nc2cc(-c3c(C)noc3C)ccn2c1NC12CC3CC(CC(C3)C1)C2.CCCc1nc2cc(-c3c(C)noc3C)ccn2c1NCCN1CCOCC1.CCCc1nc2cc(-c3ccc4c(c3)CN(C)C(=O)N4)ccn2c1NC1CCCCC1.Cc1ccc(-c2nc3cc(-c4c(C)noc4C)ccn3c2NCC(=O)OC(C)(C)C)cc1. The Bertz CT molecular complexity index is 5760. The number of aryl methyl sites for hydroxylation is 10. The number of anilines is 5. The number of aromatic nitrogens is 11. The van der Waals surface area contributed by atoms with E-state index in [2.05, 4.69) is 148 Å². The van der Waals surface area contributed by atoms with Crippen molar-refractivity contribution in [1.29, 1.82) is 0 Å². The van der Waals surface area contributed by atoms with Gasteiger partial charge in [-0.3, -0.25) is 27.3 Å². The lowest BCUT2D eigenvalue weighted by Crippen LogP contribution is -2.55. The molecule has 4 bridgehead atoms. The first kappa shape index (κ1) is 83.3. The zero-order valence-electron chi connectivity index (χ0n) is 73.1. The Hall–Kier alpha value is -11.3. The van der Waals surface area contributed by atoms with Crippen molar-refractivity contribution < 1.29 is 32.6 Å². The number of nitrogens with zero attached hydrogens (tertiary/aromatic N) is 13. The Labute approximate surface area is 709 Å². The third-order valence-electron chi connectivity index (χ3n) is 24.9. The lowest BCUT2D eigenvalue weighted by atomic mass is 9.53. The fourth-order valence-electron chi connectivity index (χ4n) is 19.7. The zero-order chi connectivity index (χ0) is 84.4. The number of pyridine rings is 4. The molecule has 7 aliphatic rings. The number of fused-ring (bicyclic) bond motifs is 5. The number of nitrogens with one attached hydrogen (secondary N) is 5. The molecule has 2 aliphatic heterocycles. The number of ether oxygens (including phenoxy) is 2. The quantitative estimate of drug-likeness (QED) is 0.0395. The Kier molecular flexibility index (Phi) is 24.6. The van der Waals surface area contributed by atoms with Crippen LogP contribution < -0.4 is 26.6 Å². The standard InChI is InChI=1S/C25H31N5O.C25H28N4O3.C25H32N4O.C21H29N5O2/c1-3-7-22-24(26-20-8-5-4-6-9-20)30-13-12-18(15-23(30)27-22)17-10-11-21-19(14-17)16-29(2)25(31)28-21;1-15-7-9-18(10-8-15)23-24(26-14-21(30)31-25(4,5)6)29-12-11-19(13-20(29)27-23)22-16(2)28-32-17(22)3;1-4-5-21-24(27-25-12-17-8-18(13-25)10-19(9-17)14-25)29-7-6-20(11-22(29)26-21)23-15(2)28-30-16(23)3;1-4-5-18-21(22-7-9-25-10-12-27-13-11-25)26-8-6-17(14-19(26)23-18)20-15(2)24-28-16(20)3/h10-15,20,26H,3-9,16H2,1-2H3,(H,28,31);7-13,26H,14H2,1-6H3;6-7,11,17-19,27H,4-5,8-10,12-14H2,1-3H3;6,8,14,22H,4-5,7,9-13H2,1-3H3. The van der Waals surface area contributed by atoms with Crippen LogP contribution in [0.4, 0.5) is 33.8 Å². The van der Waals surface area contributed by atoms with E-state index in [9.17, 15) is 9.59 Å². The maximum absolute atomic E-state index is 12.3. The van der Waals surface area contributed by atoms with E-state index in [1.807, 2.05) is 129 Å². The molecule has 13 aromatic rings. The summed E-state index contributed by atoms with van der Waals surface area (Å²) in [6, 6.07) is 31.9. The summed E-state index contributed by atoms with van der Waals surface area (Å²) in [5, 5.41) is 30.0. The van der Waals surface area contributed by atoms with Gasteiger partial charge in [0.05, 0.1) is 47.4 Å². The summed E-state index contributed by atoms with van der Waals surface area (Å²) in [5.74, 6) is 9.20. The summed E-state index contributed by atoms with van der Waals surface area (Å²) >= 11 is 0. The summed E-state index contributed by atoms with van der Waals surface area (Å²) in [7, 11) is 1.82. The molecule has 13 heterocycles. The molecule has 5 N–H and O–H groups in total. The number of carbonyl (C=O) groups excluding carboxylic acids is 2. The van der Waals surface area contributed by atoms with Gasteiger partial charge in [-0.05, 0) is 252 Å². The van der Waals surface area contributed by atoms with E-state index in [4.69, 9.17) is 43.0 Å². The Morgan fingerprint density at radius 1 is 0.545 bits per heavy atom. The summed E-state index contributed by atoms with van der Waals surface area (Å²) < 4.78 is 35.6. The molecule has 20 rings (SSSR count). The van der Waals surface area contributed by atoms with Crippen LogP contribution in [0.5, 0.6) is 0 Å². The van der Waals surface area contributed by atoms with Crippen LogP contribution in [-0.2, 0) is 40.1 Å². The van der Waals surface area contributed by atoms with Crippen LogP contribution in [0.1, 0.15) is 194 Å². The largest absolute Gasteiger partial charge is 0.459 e. The van der Waals surface area contributed by atoms with E-state index < -0.39 is 5.60 Å². The van der Waals surface area contributed by atoms with Gasteiger partial charge in [-0.2, -0.15) is 0 Å². The minimum absolute atomic E-state index is 0.0372. The van der Waals surface area contributed by atoms with Crippen LogP contribution in [0.15, 0.2) is 129 Å². The van der Waals surface area contributed by atoms with Gasteiger partial charge in [0, 0.05) is 104 Å². The van der Waals surface area contributed by atoms with Gasteiger partial charge < -0.3 is 54.5 Å². The highest BCUT2D eigenvalue weighted by Gasteiger charge is 2.51. The van der Waals surface area contributed by atoms with Crippen molar-refractivity contribution in [3.8, 4) is 55.8 Å². The summed E-state index contributed by atoms with van der Waals surface area (Å²) in [6.07, 6.45) is 29.5. The maximum Gasteiger partial charge on any atom is 0.325 e. The number of amides is 2. The van der Waals surface area contributed by atoms with Crippen LogP contribution in [0, 0.1) is 66.2 Å². The average molecular weight is 1640 g/mol. The third-order valence-corrected chi connectivity index (χ3v) is 24.9. The molecule has 1 saturated heterocycles. The van der Waals surface area contributed by atoms with Gasteiger partial charge in [-0.1, -0.05) is 111 Å². The monoisotopic (exact) mass is 1640 g/mol. The Morgan fingerprint density at radius 2 is 1.01 bits per heavy atom. The highest BCUT2D eigenvalue weighted by atomic mass is 16.6. The molecule has 25 heteroatoms. The second-order valence-corrected chi connectivity index (χ2v) is 35.6. The number of esters is 1. The van der Waals surface area contributed by atoms with Gasteiger partial charge in [0.1, 0.15) is 81.0 Å². The third kappa shape index (κ3) is 18.3. The highest BCUT2D eigenvalue weighted by Crippen LogP contribution is 2.57. The normalized spacial score (nSPS) is 18.4. The van der Waals surface area contributed by atoms with Gasteiger partial charge in [0.2, 0.25) is 0 Å². The minimum Gasteiger partial charge on any atom is -0.459 e. The zero-order valence-corrected chi connectivity index (χ0v) is 73.1. The number of hydrogen-bond donors (Lipinski definition) is 5. The van der Waals surface area contributed by atoms with E-state index in [0.29, 0.717) is 12.6 Å². The summed E-state index contributed by atoms with van der Waals surface area (Å²) in [5.41, 5.74) is 23.2. The first-order valence-corrected chi connectivity index (χ1v) is 44.1. The molecule has 0 unspecified atom stereocenters. The molecule has 2 amide bonds. The van der Waals surface area contributed by atoms with Crippen LogP contribution in [0.25, 0.3) is 78.4 Å². The lowest BCUT2D eigenvalue weighted by molar-refractivity contribution is -0.152. The molecule has 6 fully saturated rings. The van der Waals surface area contributed by atoms with E-state index in [1.54, 1.807) is 4.90 Å². The number of benzene rings is 2. The smallest absolute Gasteiger partial charge is 0.325 e. The van der Waals surface area contributed by atoms with Crippen LogP contribution in [0.2, 0.25) is 0 Å². The average Bonchev–Trinajstić information content (AvgIpc) is 1.73. The summed E-state index contributed by atoms with van der Waals surface area (Å²) in [4.78, 5) is 48.2. The van der Waals surface area contributed by atoms with Crippen LogP contribution >= 0.6 is 0 Å². The van der Waals surface area contributed by atoms with Crippen LogP contribution in [-0.4, -0.2) is 145 Å². The van der Waals surface area contributed by atoms with Gasteiger partial charge in [-0.15, -0.1) is 0 Å². The van der Waals surface area contributed by atoms with Gasteiger partial charge in [0.15, 0.2) is 0 Å². The molecular formula is C96H120N18O7. The molecule has 2 aromatic carbocycles. The number of hydrogen-bond acceptors (Lipinski definition) is 19. The molecule has 121 heavy (non-hydrogen) atoms. The first-order valence-electron chi connectivity index (χ1n) is 44.1. The van der Waals surface area contributed by atoms with E-state index >= 15 is 0 Å². The predicted molar refractivity (Wildman–Crippen MR) is 479 cm³/mol. The van der Waals surface area contributed by atoms with Crippen molar-refractivity contribution >= 4 is 63.5 Å². The molecule has 0 spiro atoms. The van der Waals surface area contributed by atoms with Crippen molar-refractivity contribution in [2.45, 2.75) is 223 Å².